The van der Waals surface area contributed by atoms with Gasteiger partial charge in [-0.2, -0.15) is 4.31 Å². The molecule has 1 aliphatic heterocycles. The van der Waals surface area contributed by atoms with E-state index < -0.39 is 21.9 Å². The first-order chi connectivity index (χ1) is 8.80. The van der Waals surface area contributed by atoms with Crippen LogP contribution in [0.5, 0.6) is 0 Å². The largest absolute Gasteiger partial charge is 0.481 e. The summed E-state index contributed by atoms with van der Waals surface area (Å²) in [4.78, 5) is 10.8. The van der Waals surface area contributed by atoms with Gasteiger partial charge in [0, 0.05) is 23.1 Å². The molecule has 0 saturated carbocycles. The predicted molar refractivity (Wildman–Crippen MR) is 71.0 cm³/mol. The molecule has 0 aromatic heterocycles. The maximum absolute atomic E-state index is 12.3. The minimum absolute atomic E-state index is 0.0176. The van der Waals surface area contributed by atoms with E-state index in [-0.39, 0.29) is 28.0 Å². The minimum Gasteiger partial charge on any atom is -0.481 e. The fourth-order valence-electron chi connectivity index (χ4n) is 1.97. The zero-order valence-electron chi connectivity index (χ0n) is 9.71. The molecular weight excluding hydrogens is 313 g/mol. The lowest BCUT2D eigenvalue weighted by molar-refractivity contribution is -0.141. The summed E-state index contributed by atoms with van der Waals surface area (Å²) in [6.45, 7) is 0.158. The molecule has 5 nitrogen and oxygen atoms in total. The molecule has 1 aromatic rings. The van der Waals surface area contributed by atoms with Crippen LogP contribution >= 0.6 is 23.2 Å². The maximum atomic E-state index is 12.3. The average Bonchev–Trinajstić information content (AvgIpc) is 2.77. The van der Waals surface area contributed by atoms with Crippen molar-refractivity contribution in [3.63, 3.8) is 0 Å². The number of sulfonamides is 1. The molecule has 1 heterocycles. The molecule has 0 unspecified atom stereocenters. The van der Waals surface area contributed by atoms with E-state index in [1.165, 1.54) is 18.2 Å². The summed E-state index contributed by atoms with van der Waals surface area (Å²) in [6.07, 6.45) is 0.308. The Kier molecular flexibility index (Phi) is 4.06. The van der Waals surface area contributed by atoms with Crippen LogP contribution in [0.1, 0.15) is 6.42 Å². The number of hydrogen-bond donors (Lipinski definition) is 1. The van der Waals surface area contributed by atoms with Crippen molar-refractivity contribution in [1.82, 2.24) is 4.31 Å². The topological polar surface area (TPSA) is 74.7 Å². The third-order valence-corrected chi connectivity index (χ3v) is 5.25. The summed E-state index contributed by atoms with van der Waals surface area (Å²) in [5.74, 6) is -1.65. The van der Waals surface area contributed by atoms with E-state index in [1.54, 1.807) is 0 Å². The molecule has 1 aliphatic rings. The van der Waals surface area contributed by atoms with Crippen molar-refractivity contribution in [3.8, 4) is 0 Å². The van der Waals surface area contributed by atoms with Gasteiger partial charge in [0.1, 0.15) is 0 Å². The Hall–Kier alpha value is -0.820. The second kappa shape index (κ2) is 5.28. The lowest BCUT2D eigenvalue weighted by Crippen LogP contribution is -2.30. The molecule has 0 spiro atoms. The Morgan fingerprint density at radius 3 is 2.32 bits per heavy atom. The molecule has 1 aromatic carbocycles. The summed E-state index contributed by atoms with van der Waals surface area (Å²) in [7, 11) is -3.75. The van der Waals surface area contributed by atoms with Gasteiger partial charge in [0.15, 0.2) is 0 Å². The molecular formula is C11H11Cl2NO4S. The van der Waals surface area contributed by atoms with Gasteiger partial charge in [-0.3, -0.25) is 4.79 Å². The van der Waals surface area contributed by atoms with E-state index in [9.17, 15) is 13.2 Å². The van der Waals surface area contributed by atoms with Crippen molar-refractivity contribution in [2.45, 2.75) is 11.3 Å². The van der Waals surface area contributed by atoms with Crippen LogP contribution in [0.2, 0.25) is 10.0 Å². The molecule has 2 rings (SSSR count). The number of carbonyl (C=O) groups is 1. The van der Waals surface area contributed by atoms with Crippen LogP contribution < -0.4 is 0 Å². The fraction of sp³-hybridized carbons (Fsp3) is 0.364. The Morgan fingerprint density at radius 2 is 1.84 bits per heavy atom. The third kappa shape index (κ3) is 3.02. The smallest absolute Gasteiger partial charge is 0.307 e. The van der Waals surface area contributed by atoms with Crippen LogP contribution in [0.25, 0.3) is 0 Å². The summed E-state index contributed by atoms with van der Waals surface area (Å²) in [5, 5.41) is 9.34. The average molecular weight is 324 g/mol. The monoisotopic (exact) mass is 323 g/mol. The molecule has 0 bridgehead atoms. The van der Waals surface area contributed by atoms with Crippen molar-refractivity contribution in [2.24, 2.45) is 5.92 Å². The third-order valence-electron chi connectivity index (χ3n) is 2.97. The number of nitrogens with zero attached hydrogens (tertiary/aromatic N) is 1. The van der Waals surface area contributed by atoms with Gasteiger partial charge in [-0.05, 0) is 24.6 Å². The number of carboxylic acid groups (broad SMARTS) is 1. The summed E-state index contributed by atoms with van der Waals surface area (Å²) in [6, 6.07) is 4.04. The van der Waals surface area contributed by atoms with Crippen LogP contribution in [0.3, 0.4) is 0 Å². The predicted octanol–water partition coefficient (Wildman–Crippen LogP) is 2.09. The molecule has 0 amide bonds. The molecule has 1 atom stereocenters. The van der Waals surface area contributed by atoms with Gasteiger partial charge in [0.25, 0.3) is 0 Å². The number of halogens is 2. The SMILES string of the molecule is O=C(O)[C@@H]1CCN(S(=O)(=O)c2cc(Cl)cc(Cl)c2)C1. The van der Waals surface area contributed by atoms with Crippen LogP contribution in [0.15, 0.2) is 23.1 Å². The van der Waals surface area contributed by atoms with Gasteiger partial charge in [-0.25, -0.2) is 8.42 Å². The molecule has 1 saturated heterocycles. The molecule has 0 radical (unpaired) electrons. The van der Waals surface area contributed by atoms with Gasteiger partial charge in [0.05, 0.1) is 10.8 Å². The summed E-state index contributed by atoms with van der Waals surface area (Å²) < 4.78 is 25.8. The number of carboxylic acids is 1. The fourth-order valence-corrected chi connectivity index (χ4v) is 4.20. The van der Waals surface area contributed by atoms with E-state index in [4.69, 9.17) is 28.3 Å². The second-order valence-corrected chi connectivity index (χ2v) is 7.10. The lowest BCUT2D eigenvalue weighted by Gasteiger charge is -2.16. The highest BCUT2D eigenvalue weighted by Crippen LogP contribution is 2.28. The van der Waals surface area contributed by atoms with E-state index in [0.717, 1.165) is 4.31 Å². The highest BCUT2D eigenvalue weighted by Gasteiger charge is 2.35. The lowest BCUT2D eigenvalue weighted by atomic mass is 10.1. The highest BCUT2D eigenvalue weighted by molar-refractivity contribution is 7.89. The number of benzene rings is 1. The molecule has 1 fully saturated rings. The van der Waals surface area contributed by atoms with Crippen LogP contribution in [-0.2, 0) is 14.8 Å². The quantitative estimate of drug-likeness (QED) is 0.924. The Balaban J connectivity index is 2.31. The zero-order chi connectivity index (χ0) is 14.2. The summed E-state index contributed by atoms with van der Waals surface area (Å²) in [5.41, 5.74) is 0. The van der Waals surface area contributed by atoms with Crippen molar-refractivity contribution in [3.05, 3.63) is 28.2 Å². The molecule has 8 heteroatoms. The molecule has 104 valence electrons. The maximum Gasteiger partial charge on any atom is 0.307 e. The van der Waals surface area contributed by atoms with Gasteiger partial charge in [-0.15, -0.1) is 0 Å². The van der Waals surface area contributed by atoms with Crippen molar-refractivity contribution in [2.75, 3.05) is 13.1 Å². The van der Waals surface area contributed by atoms with Crippen molar-refractivity contribution in [1.29, 1.82) is 0 Å². The number of rotatable bonds is 3. The van der Waals surface area contributed by atoms with E-state index in [0.29, 0.717) is 6.42 Å². The Labute approximate surface area is 120 Å². The van der Waals surface area contributed by atoms with E-state index >= 15 is 0 Å². The van der Waals surface area contributed by atoms with Crippen molar-refractivity contribution >= 4 is 39.2 Å². The van der Waals surface area contributed by atoms with Gasteiger partial charge in [0.2, 0.25) is 10.0 Å². The van der Waals surface area contributed by atoms with Gasteiger partial charge in [-0.1, -0.05) is 23.2 Å². The standard InChI is InChI=1S/C11H11Cl2NO4S/c12-8-3-9(13)5-10(4-8)19(17,18)14-2-1-7(6-14)11(15)16/h3-5,7H,1-2,6H2,(H,15,16)/t7-/m1/s1. The first-order valence-corrected chi connectivity index (χ1v) is 7.69. The first-order valence-electron chi connectivity index (χ1n) is 5.50. The van der Waals surface area contributed by atoms with Crippen LogP contribution in [-0.4, -0.2) is 36.9 Å². The zero-order valence-corrected chi connectivity index (χ0v) is 12.0. The van der Waals surface area contributed by atoms with Gasteiger partial charge < -0.3 is 5.11 Å². The van der Waals surface area contributed by atoms with Gasteiger partial charge >= 0.3 is 5.97 Å². The van der Waals surface area contributed by atoms with Crippen molar-refractivity contribution < 1.29 is 18.3 Å². The van der Waals surface area contributed by atoms with E-state index in [1.807, 2.05) is 0 Å². The number of aliphatic carboxylic acids is 1. The second-order valence-electron chi connectivity index (χ2n) is 4.29. The molecule has 1 N–H and O–H groups in total. The summed E-state index contributed by atoms with van der Waals surface area (Å²) >= 11 is 11.6. The van der Waals surface area contributed by atoms with E-state index in [2.05, 4.69) is 0 Å². The van der Waals surface area contributed by atoms with Crippen LogP contribution in [0.4, 0.5) is 0 Å². The molecule has 0 aliphatic carbocycles. The minimum atomic E-state index is -3.75. The first kappa shape index (κ1) is 14.6. The number of hydrogen-bond acceptors (Lipinski definition) is 3. The van der Waals surface area contributed by atoms with Crippen LogP contribution in [0, 0.1) is 5.92 Å². The Morgan fingerprint density at radius 1 is 1.26 bits per heavy atom. The normalized spacial score (nSPS) is 20.6. The Bertz CT molecular complexity index is 597. The highest BCUT2D eigenvalue weighted by atomic mass is 35.5. The molecule has 19 heavy (non-hydrogen) atoms.